The van der Waals surface area contributed by atoms with Crippen molar-refractivity contribution in [3.63, 3.8) is 0 Å². The summed E-state index contributed by atoms with van der Waals surface area (Å²) in [7, 11) is -2.67. The van der Waals surface area contributed by atoms with Gasteiger partial charge in [-0.15, -0.1) is 0 Å². The molecule has 0 saturated heterocycles. The smallest absolute Gasteiger partial charge is 0.413 e. The summed E-state index contributed by atoms with van der Waals surface area (Å²) in [5.41, 5.74) is 0. The molecule has 0 radical (unpaired) electrons. The summed E-state index contributed by atoms with van der Waals surface area (Å²) in [6.07, 6.45) is -4.62. The Hall–Kier alpha value is -1.36. The number of halogens is 3. The molecule has 0 aromatic heterocycles. The number of benzene rings is 1. The van der Waals surface area contributed by atoms with Crippen LogP contribution in [0.4, 0.5) is 13.2 Å². The lowest BCUT2D eigenvalue weighted by Crippen LogP contribution is -2.29. The molecule has 10 heteroatoms. The average molecular weight is 329 g/mol. The minimum absolute atomic E-state index is 0.247. The molecular formula is C11H14F3NO5S. The number of methoxy groups -OCH3 is 1. The van der Waals surface area contributed by atoms with Crippen LogP contribution in [0, 0.1) is 0 Å². The maximum absolute atomic E-state index is 11.8. The van der Waals surface area contributed by atoms with Crippen molar-refractivity contribution in [2.24, 2.45) is 0 Å². The van der Waals surface area contributed by atoms with E-state index in [0.717, 1.165) is 0 Å². The lowest BCUT2D eigenvalue weighted by molar-refractivity contribution is -0.181. The van der Waals surface area contributed by atoms with Gasteiger partial charge in [0.25, 0.3) is 10.0 Å². The second-order valence-corrected chi connectivity index (χ2v) is 5.45. The molecule has 0 bridgehead atoms. The van der Waals surface area contributed by atoms with E-state index in [1.54, 1.807) is 0 Å². The lowest BCUT2D eigenvalue weighted by Gasteiger charge is -2.10. The summed E-state index contributed by atoms with van der Waals surface area (Å²) in [4.78, 5) is 5.06. The minimum atomic E-state index is -4.62. The number of nitrogens with one attached hydrogen (secondary N) is 1. The van der Waals surface area contributed by atoms with Crippen molar-refractivity contribution in [2.45, 2.75) is 11.1 Å². The zero-order valence-electron chi connectivity index (χ0n) is 11.0. The highest BCUT2D eigenvalue weighted by atomic mass is 32.2. The first-order valence-corrected chi connectivity index (χ1v) is 7.15. The maximum atomic E-state index is 11.8. The molecule has 0 saturated carbocycles. The van der Waals surface area contributed by atoms with Crippen LogP contribution in [0.5, 0.6) is 5.75 Å². The number of alkyl halides is 3. The van der Waals surface area contributed by atoms with E-state index in [1.165, 1.54) is 36.3 Å². The Morgan fingerprint density at radius 2 is 1.76 bits per heavy atom. The van der Waals surface area contributed by atoms with Crippen molar-refractivity contribution in [1.29, 1.82) is 0 Å². The van der Waals surface area contributed by atoms with E-state index in [4.69, 9.17) is 9.47 Å². The van der Waals surface area contributed by atoms with Gasteiger partial charge in [0.05, 0.1) is 11.5 Å². The predicted molar refractivity (Wildman–Crippen MR) is 66.1 cm³/mol. The van der Waals surface area contributed by atoms with Gasteiger partial charge in [0.1, 0.15) is 12.4 Å². The fourth-order valence-corrected chi connectivity index (χ4v) is 2.00. The first-order valence-electron chi connectivity index (χ1n) is 5.67. The van der Waals surface area contributed by atoms with E-state index in [9.17, 15) is 21.6 Å². The Kier molecular flexibility index (Phi) is 6.40. The Morgan fingerprint density at radius 3 is 2.29 bits per heavy atom. The van der Waals surface area contributed by atoms with Crippen LogP contribution in [-0.4, -0.2) is 41.5 Å². The van der Waals surface area contributed by atoms with Crippen molar-refractivity contribution < 1.29 is 35.9 Å². The topological polar surface area (TPSA) is 73.9 Å². The second-order valence-electron chi connectivity index (χ2n) is 3.80. The predicted octanol–water partition coefficient (Wildman–Crippen LogP) is 1.48. The van der Waals surface area contributed by atoms with Crippen molar-refractivity contribution in [2.75, 3.05) is 26.9 Å². The average Bonchev–Trinajstić information content (AvgIpc) is 2.38. The maximum Gasteiger partial charge on any atom is 0.413 e. The summed E-state index contributed by atoms with van der Waals surface area (Å²) in [5, 5.41) is 0. The van der Waals surface area contributed by atoms with E-state index in [-0.39, 0.29) is 11.5 Å². The summed E-state index contributed by atoms with van der Waals surface area (Å²) >= 11 is 0. The number of hydrogen-bond acceptors (Lipinski definition) is 5. The third-order valence-corrected chi connectivity index (χ3v) is 3.32. The van der Waals surface area contributed by atoms with Gasteiger partial charge in [-0.2, -0.15) is 13.2 Å². The molecule has 1 aromatic carbocycles. The molecule has 0 amide bonds. The van der Waals surface area contributed by atoms with E-state index < -0.39 is 22.8 Å². The molecule has 0 aliphatic carbocycles. The molecule has 0 aliphatic heterocycles. The van der Waals surface area contributed by atoms with Gasteiger partial charge in [-0.05, 0) is 24.3 Å². The van der Waals surface area contributed by atoms with Crippen molar-refractivity contribution in [3.8, 4) is 5.75 Å². The van der Waals surface area contributed by atoms with Crippen LogP contribution in [0.2, 0.25) is 0 Å². The Labute approximate surface area is 119 Å². The fourth-order valence-electron chi connectivity index (χ4n) is 1.19. The Morgan fingerprint density at radius 1 is 1.14 bits per heavy atom. The van der Waals surface area contributed by atoms with Crippen LogP contribution in [0.3, 0.4) is 0 Å². The van der Waals surface area contributed by atoms with E-state index >= 15 is 0 Å². The van der Waals surface area contributed by atoms with Crippen LogP contribution in [0.1, 0.15) is 0 Å². The van der Waals surface area contributed by atoms with Gasteiger partial charge >= 0.3 is 6.18 Å². The van der Waals surface area contributed by atoms with Crippen LogP contribution >= 0.6 is 0 Å². The van der Waals surface area contributed by atoms with Crippen molar-refractivity contribution in [3.05, 3.63) is 24.3 Å². The van der Waals surface area contributed by atoms with Gasteiger partial charge in [-0.1, -0.05) is 4.89 Å². The molecule has 1 rings (SSSR count). The molecule has 0 aliphatic rings. The molecule has 0 fully saturated rings. The van der Waals surface area contributed by atoms with Crippen LogP contribution in [-0.2, 0) is 19.6 Å². The molecule has 21 heavy (non-hydrogen) atoms. The normalized spacial score (nSPS) is 12.4. The molecule has 0 atom stereocenters. The minimum Gasteiger partial charge on any atom is -0.491 e. The van der Waals surface area contributed by atoms with Crippen LogP contribution in [0.25, 0.3) is 0 Å². The number of ether oxygens (including phenoxy) is 2. The molecule has 0 unspecified atom stereocenters. The zero-order valence-corrected chi connectivity index (χ0v) is 11.8. The SMILES string of the molecule is COCCOc1ccc(S(=O)(=O)NOCC(F)(F)F)cc1. The highest BCUT2D eigenvalue weighted by Gasteiger charge is 2.29. The number of sulfonamides is 1. The van der Waals surface area contributed by atoms with Gasteiger partial charge in [-0.25, -0.2) is 8.42 Å². The van der Waals surface area contributed by atoms with E-state index in [1.807, 2.05) is 0 Å². The first-order chi connectivity index (χ1) is 9.74. The summed E-state index contributed by atoms with van der Waals surface area (Å²) in [6.45, 7) is -1.06. The molecule has 1 N–H and O–H groups in total. The third kappa shape index (κ3) is 6.76. The highest BCUT2D eigenvalue weighted by molar-refractivity contribution is 7.89. The number of rotatable bonds is 8. The monoisotopic (exact) mass is 329 g/mol. The van der Waals surface area contributed by atoms with Crippen LogP contribution < -0.4 is 9.62 Å². The third-order valence-electron chi connectivity index (χ3n) is 2.09. The van der Waals surface area contributed by atoms with E-state index in [0.29, 0.717) is 12.4 Å². The van der Waals surface area contributed by atoms with Crippen molar-refractivity contribution in [1.82, 2.24) is 4.89 Å². The summed E-state index contributed by atoms with van der Waals surface area (Å²) in [5.74, 6) is 0.405. The Balaban J connectivity index is 2.59. The highest BCUT2D eigenvalue weighted by Crippen LogP contribution is 2.17. The molecular weight excluding hydrogens is 315 g/mol. The first kappa shape index (κ1) is 17.7. The molecule has 0 heterocycles. The van der Waals surface area contributed by atoms with Crippen LogP contribution in [0.15, 0.2) is 29.2 Å². The Bertz CT molecular complexity index is 530. The summed E-state index contributed by atoms with van der Waals surface area (Å²) < 4.78 is 68.8. The van der Waals surface area contributed by atoms with Gasteiger partial charge in [-0.3, -0.25) is 4.84 Å². The number of hydrogen-bond donors (Lipinski definition) is 1. The van der Waals surface area contributed by atoms with Gasteiger partial charge in [0, 0.05) is 7.11 Å². The second kappa shape index (κ2) is 7.59. The molecule has 0 spiro atoms. The largest absolute Gasteiger partial charge is 0.491 e. The molecule has 120 valence electrons. The fraction of sp³-hybridized carbons (Fsp3) is 0.455. The molecule has 6 nitrogen and oxygen atoms in total. The lowest BCUT2D eigenvalue weighted by atomic mass is 10.3. The van der Waals surface area contributed by atoms with Gasteiger partial charge in [0.15, 0.2) is 6.61 Å². The quantitative estimate of drug-likeness (QED) is 0.578. The standard InChI is InChI=1S/C11H14F3NO5S/c1-18-6-7-19-9-2-4-10(5-3-9)21(16,17)15-20-8-11(12,13)14/h2-5,15H,6-8H2,1H3. The molecule has 1 aromatic rings. The zero-order chi connectivity index (χ0) is 15.9. The van der Waals surface area contributed by atoms with Gasteiger partial charge < -0.3 is 9.47 Å². The summed E-state index contributed by atoms with van der Waals surface area (Å²) in [6, 6.07) is 5.10. The van der Waals surface area contributed by atoms with Crippen molar-refractivity contribution >= 4 is 10.0 Å². The van der Waals surface area contributed by atoms with Gasteiger partial charge in [0.2, 0.25) is 0 Å². The van der Waals surface area contributed by atoms with E-state index in [2.05, 4.69) is 4.84 Å².